The Balaban J connectivity index is 1.92. The molecule has 0 spiro atoms. The number of ether oxygens (including phenoxy) is 2. The van der Waals surface area contributed by atoms with Crippen molar-refractivity contribution in [3.05, 3.63) is 64.2 Å². The van der Waals surface area contributed by atoms with Crippen LogP contribution in [0.25, 0.3) is 6.08 Å². The molecule has 0 radical (unpaired) electrons. The molecule has 0 bridgehead atoms. The van der Waals surface area contributed by atoms with Crippen LogP contribution in [0.4, 0.5) is 0 Å². The Morgan fingerprint density at radius 2 is 2.03 bits per heavy atom. The number of nitrogens with one attached hydrogen (secondary N) is 1. The first kappa shape index (κ1) is 22.3. The predicted molar refractivity (Wildman–Crippen MR) is 118 cm³/mol. The quantitative estimate of drug-likeness (QED) is 0.525. The Labute approximate surface area is 181 Å². The van der Waals surface area contributed by atoms with Crippen molar-refractivity contribution in [1.82, 2.24) is 9.88 Å². The maximum Gasteiger partial charge on any atom is 0.335 e. The number of carboxylic acid groups (broad SMARTS) is 1. The monoisotopic (exact) mass is 425 g/mol. The van der Waals surface area contributed by atoms with E-state index in [0.29, 0.717) is 31.1 Å². The van der Waals surface area contributed by atoms with Crippen molar-refractivity contribution in [3.63, 3.8) is 0 Å². The van der Waals surface area contributed by atoms with Crippen LogP contribution >= 0.6 is 0 Å². The highest BCUT2D eigenvalue weighted by Crippen LogP contribution is 2.31. The molecule has 1 aromatic carbocycles. The van der Waals surface area contributed by atoms with Gasteiger partial charge in [0.05, 0.1) is 31.0 Å². The van der Waals surface area contributed by atoms with Crippen LogP contribution in [0.3, 0.4) is 0 Å². The van der Waals surface area contributed by atoms with Gasteiger partial charge < -0.3 is 24.5 Å². The summed E-state index contributed by atoms with van der Waals surface area (Å²) in [6.07, 6.45) is 4.04. The summed E-state index contributed by atoms with van der Waals surface area (Å²) in [4.78, 5) is 28.4. The van der Waals surface area contributed by atoms with Crippen molar-refractivity contribution in [1.29, 1.82) is 0 Å². The van der Waals surface area contributed by atoms with Gasteiger partial charge in [-0.1, -0.05) is 12.1 Å². The number of aliphatic imine (C=N–C) groups is 1. The molecule has 2 aromatic rings. The summed E-state index contributed by atoms with van der Waals surface area (Å²) in [6, 6.07) is 8.38. The zero-order valence-electron chi connectivity index (χ0n) is 18.1. The molecule has 1 aliphatic heterocycles. The second-order valence-electron chi connectivity index (χ2n) is 7.52. The van der Waals surface area contributed by atoms with Crippen LogP contribution in [-0.2, 0) is 22.1 Å². The number of carboxylic acids is 1. The molecule has 0 saturated carbocycles. The van der Waals surface area contributed by atoms with Gasteiger partial charge in [0.1, 0.15) is 11.5 Å². The summed E-state index contributed by atoms with van der Waals surface area (Å²) >= 11 is 0. The highest BCUT2D eigenvalue weighted by molar-refractivity contribution is 5.95. The zero-order valence-corrected chi connectivity index (χ0v) is 18.1. The number of carbonyl (C=O) groups excluding carboxylic acids is 1. The third-order valence-corrected chi connectivity index (χ3v) is 5.54. The molecule has 8 heteroatoms. The molecule has 2 heterocycles. The van der Waals surface area contributed by atoms with Gasteiger partial charge in [-0.05, 0) is 36.2 Å². The van der Waals surface area contributed by atoms with Crippen molar-refractivity contribution in [2.75, 3.05) is 27.4 Å². The molecule has 8 nitrogen and oxygen atoms in total. The lowest BCUT2D eigenvalue weighted by Gasteiger charge is -2.29. The van der Waals surface area contributed by atoms with Crippen LogP contribution < -0.4 is 5.32 Å². The van der Waals surface area contributed by atoms with Gasteiger partial charge in [0.25, 0.3) is 5.91 Å². The fourth-order valence-corrected chi connectivity index (χ4v) is 3.79. The minimum atomic E-state index is -0.990. The minimum Gasteiger partial charge on any atom is -0.495 e. The molecular weight excluding hydrogens is 398 g/mol. The number of methoxy groups -OCH3 is 1. The summed E-state index contributed by atoms with van der Waals surface area (Å²) in [6.45, 7) is 2.76. The predicted octanol–water partition coefficient (Wildman–Crippen LogP) is 2.77. The molecule has 1 fully saturated rings. The summed E-state index contributed by atoms with van der Waals surface area (Å²) in [5.74, 6) is -0.644. The summed E-state index contributed by atoms with van der Waals surface area (Å²) < 4.78 is 12.7. The number of rotatable bonds is 7. The first-order chi connectivity index (χ1) is 14.8. The molecule has 1 aromatic heterocycles. The molecule has 1 amide bonds. The van der Waals surface area contributed by atoms with Gasteiger partial charge in [0, 0.05) is 38.9 Å². The Hall–Kier alpha value is -3.39. The molecule has 0 aliphatic carbocycles. The van der Waals surface area contributed by atoms with Gasteiger partial charge in [-0.3, -0.25) is 9.79 Å². The van der Waals surface area contributed by atoms with Crippen LogP contribution in [0, 0.1) is 6.92 Å². The van der Waals surface area contributed by atoms with Crippen LogP contribution in [0.2, 0.25) is 0 Å². The Kier molecular flexibility index (Phi) is 6.60. The van der Waals surface area contributed by atoms with Gasteiger partial charge in [-0.25, -0.2) is 4.79 Å². The van der Waals surface area contributed by atoms with Crippen LogP contribution in [0.1, 0.15) is 44.1 Å². The van der Waals surface area contributed by atoms with Crippen LogP contribution in [-0.4, -0.2) is 55.1 Å². The second-order valence-corrected chi connectivity index (χ2v) is 7.52. The summed E-state index contributed by atoms with van der Waals surface area (Å²) in [5, 5.41) is 12.3. The number of aromatic nitrogens is 1. The van der Waals surface area contributed by atoms with Crippen molar-refractivity contribution < 1.29 is 24.2 Å². The molecule has 31 heavy (non-hydrogen) atoms. The van der Waals surface area contributed by atoms with Gasteiger partial charge in [-0.2, -0.15) is 0 Å². The van der Waals surface area contributed by atoms with Gasteiger partial charge in [0.15, 0.2) is 0 Å². The van der Waals surface area contributed by atoms with E-state index in [1.807, 2.05) is 30.7 Å². The third kappa shape index (κ3) is 4.54. The molecule has 164 valence electrons. The summed E-state index contributed by atoms with van der Waals surface area (Å²) in [5.41, 5.74) is 2.56. The van der Waals surface area contributed by atoms with E-state index in [-0.39, 0.29) is 11.5 Å². The number of benzene rings is 1. The zero-order chi connectivity index (χ0) is 22.6. The number of carbonyl (C=O) groups is 2. The van der Waals surface area contributed by atoms with Crippen molar-refractivity contribution in [2.45, 2.75) is 18.9 Å². The minimum absolute atomic E-state index is 0.197. The van der Waals surface area contributed by atoms with E-state index in [4.69, 9.17) is 14.6 Å². The fourth-order valence-electron chi connectivity index (χ4n) is 3.79. The number of amides is 1. The van der Waals surface area contributed by atoms with E-state index in [0.717, 1.165) is 16.8 Å². The molecule has 1 unspecified atom stereocenters. The lowest BCUT2D eigenvalue weighted by molar-refractivity contribution is 0.0696. The maximum absolute atomic E-state index is 13.3. The second kappa shape index (κ2) is 9.18. The number of nitrogens with zero attached hydrogens (tertiary/aromatic N) is 2. The Morgan fingerprint density at radius 1 is 1.32 bits per heavy atom. The molecule has 1 saturated heterocycles. The highest BCUT2D eigenvalue weighted by atomic mass is 16.5. The Bertz CT molecular complexity index is 1030. The van der Waals surface area contributed by atoms with E-state index in [2.05, 4.69) is 10.3 Å². The molecule has 1 atom stereocenters. The average Bonchev–Trinajstić information content (AvgIpc) is 3.34. The number of hydrogen-bond donors (Lipinski definition) is 2. The molecule has 1 aliphatic rings. The van der Waals surface area contributed by atoms with E-state index in [9.17, 15) is 9.59 Å². The molecular formula is C23H27N3O5. The summed E-state index contributed by atoms with van der Waals surface area (Å²) in [7, 11) is 5.05. The van der Waals surface area contributed by atoms with Gasteiger partial charge >= 0.3 is 5.97 Å². The first-order valence-corrected chi connectivity index (χ1v) is 9.89. The van der Waals surface area contributed by atoms with E-state index in [1.54, 1.807) is 44.6 Å². The van der Waals surface area contributed by atoms with E-state index >= 15 is 0 Å². The van der Waals surface area contributed by atoms with Crippen molar-refractivity contribution in [2.24, 2.45) is 12.0 Å². The number of hydrogen-bond acceptors (Lipinski definition) is 5. The highest BCUT2D eigenvalue weighted by Gasteiger charge is 2.39. The van der Waals surface area contributed by atoms with E-state index in [1.165, 1.54) is 0 Å². The number of aromatic carboxylic acids is 1. The molecule has 2 N–H and O–H groups in total. The number of aryl methyl sites for hydroxylation is 1. The standard InChI is InChI=1S/C23H27N3O5/c1-15-11-20(26(3)19(15)12-18(30-4)13-24-2)21(27)25-23(9-10-31-14-23)17-7-5-16(6-8-17)22(28)29/h5-8,11-13H,9-10,14H2,1-4H3,(H,25,27)(H,28,29)/b18-12+,24-13?. The van der Waals surface area contributed by atoms with Crippen molar-refractivity contribution >= 4 is 24.2 Å². The first-order valence-electron chi connectivity index (χ1n) is 9.89. The lowest BCUT2D eigenvalue weighted by atomic mass is 9.88. The van der Waals surface area contributed by atoms with Gasteiger partial charge in [-0.15, -0.1) is 0 Å². The molecule has 3 rings (SSSR count). The average molecular weight is 425 g/mol. The fraction of sp³-hybridized carbons (Fsp3) is 0.348. The SMILES string of the molecule is CN=C/C(=C\c1c(C)cc(C(=O)NC2(c3ccc(C(=O)O)cc3)CCOC2)n1C)OC. The largest absolute Gasteiger partial charge is 0.495 e. The Morgan fingerprint density at radius 3 is 2.58 bits per heavy atom. The van der Waals surface area contributed by atoms with Crippen molar-refractivity contribution in [3.8, 4) is 0 Å². The van der Waals surface area contributed by atoms with Crippen LogP contribution in [0.5, 0.6) is 0 Å². The number of allylic oxidation sites excluding steroid dienone is 1. The lowest BCUT2D eigenvalue weighted by Crippen LogP contribution is -2.47. The van der Waals surface area contributed by atoms with E-state index < -0.39 is 11.5 Å². The maximum atomic E-state index is 13.3. The normalized spacial score (nSPS) is 19.0. The third-order valence-electron chi connectivity index (χ3n) is 5.54. The topological polar surface area (TPSA) is 102 Å². The van der Waals surface area contributed by atoms with Gasteiger partial charge in [0.2, 0.25) is 0 Å². The smallest absolute Gasteiger partial charge is 0.335 e. The van der Waals surface area contributed by atoms with Crippen LogP contribution in [0.15, 0.2) is 41.1 Å².